The summed E-state index contributed by atoms with van der Waals surface area (Å²) in [6.07, 6.45) is 3.26. The standard InChI is InChI=1S/C39H48/c1-22(2)30-14-16-31(17-15-30)32-18-24(5)26(7)35-27(8)36-29(10)39(13)28(9)34(23(3)4)25(6)19-38(39,12)21-37(36,11)20-33(32)35/h14-18,22H,3,8-9,19-21H2,1-2,4-7,10-13H3/t37-,38+,39-/m1/s1. The van der Waals surface area contributed by atoms with Crippen LogP contribution in [0.15, 0.2) is 83.5 Å². The molecular weight excluding hydrogens is 468 g/mol. The van der Waals surface area contributed by atoms with Crippen LogP contribution in [-0.4, -0.2) is 0 Å². The monoisotopic (exact) mass is 516 g/mol. The molecule has 2 aromatic carbocycles. The van der Waals surface area contributed by atoms with Crippen molar-refractivity contribution in [1.82, 2.24) is 0 Å². The summed E-state index contributed by atoms with van der Waals surface area (Å²) in [5.74, 6) is 0.535. The molecule has 0 fully saturated rings. The van der Waals surface area contributed by atoms with Gasteiger partial charge in [-0.15, -0.1) is 0 Å². The van der Waals surface area contributed by atoms with Gasteiger partial charge in [0.05, 0.1) is 0 Å². The van der Waals surface area contributed by atoms with E-state index < -0.39 is 0 Å². The summed E-state index contributed by atoms with van der Waals surface area (Å²) in [7, 11) is 0. The molecule has 0 aliphatic heterocycles. The zero-order valence-electron chi connectivity index (χ0n) is 26.2. The summed E-state index contributed by atoms with van der Waals surface area (Å²) in [6.45, 7) is 37.4. The van der Waals surface area contributed by atoms with Crippen LogP contribution in [0.1, 0.15) is 102 Å². The normalized spacial score (nSPS) is 28.5. The number of hydrogen-bond donors (Lipinski definition) is 0. The Morgan fingerprint density at radius 2 is 1.54 bits per heavy atom. The Labute approximate surface area is 238 Å². The molecule has 0 unspecified atom stereocenters. The van der Waals surface area contributed by atoms with Crippen LogP contribution >= 0.6 is 0 Å². The molecule has 0 saturated carbocycles. The van der Waals surface area contributed by atoms with Crippen LogP contribution in [0, 0.1) is 30.1 Å². The molecule has 2 aromatic rings. The minimum atomic E-state index is -0.122. The first-order chi connectivity index (χ1) is 18.1. The quantitative estimate of drug-likeness (QED) is 0.380. The van der Waals surface area contributed by atoms with E-state index in [2.05, 4.69) is 106 Å². The number of rotatable bonds is 3. The van der Waals surface area contributed by atoms with Gasteiger partial charge < -0.3 is 0 Å². The van der Waals surface area contributed by atoms with E-state index in [0.717, 1.165) is 24.8 Å². The summed E-state index contributed by atoms with van der Waals surface area (Å²) in [4.78, 5) is 0. The van der Waals surface area contributed by atoms with Crippen molar-refractivity contribution in [1.29, 1.82) is 0 Å². The highest BCUT2D eigenvalue weighted by Gasteiger charge is 2.59. The zero-order valence-corrected chi connectivity index (χ0v) is 26.2. The molecule has 0 amide bonds. The summed E-state index contributed by atoms with van der Waals surface area (Å²) < 4.78 is 0. The van der Waals surface area contributed by atoms with Gasteiger partial charge in [-0.25, -0.2) is 0 Å². The van der Waals surface area contributed by atoms with E-state index in [1.54, 1.807) is 0 Å². The molecule has 0 radical (unpaired) electrons. The average molecular weight is 517 g/mol. The molecule has 3 aliphatic carbocycles. The fourth-order valence-corrected chi connectivity index (χ4v) is 9.04. The second-order valence-electron chi connectivity index (χ2n) is 14.2. The number of allylic oxidation sites excluding steroid dienone is 7. The Kier molecular flexibility index (Phi) is 6.26. The second-order valence-corrected chi connectivity index (χ2v) is 14.2. The number of aryl methyl sites for hydroxylation is 1. The molecule has 0 heterocycles. The van der Waals surface area contributed by atoms with Gasteiger partial charge in [-0.1, -0.05) is 101 Å². The second kappa shape index (κ2) is 8.82. The van der Waals surface area contributed by atoms with E-state index in [9.17, 15) is 0 Å². The summed E-state index contributed by atoms with van der Waals surface area (Å²) in [6, 6.07) is 11.7. The molecule has 0 bridgehead atoms. The van der Waals surface area contributed by atoms with Crippen LogP contribution in [-0.2, 0) is 6.42 Å². The first kappa shape index (κ1) is 27.7. The SMILES string of the molecule is C=C(C)C1=C(C)C[C@@]2(C)C[C@@]3(C)Cc4c(-c5ccc(C(C)C)cc5)cc(C)c(C)c4C(=C)C3=C(C)[C@@]2(C)C1=C. The highest BCUT2D eigenvalue weighted by Crippen LogP contribution is 2.70. The van der Waals surface area contributed by atoms with Gasteiger partial charge in [-0.05, 0) is 132 Å². The molecular formula is C39H48. The van der Waals surface area contributed by atoms with Crippen LogP contribution in [0.3, 0.4) is 0 Å². The predicted octanol–water partition coefficient (Wildman–Crippen LogP) is 11.3. The molecule has 0 aromatic heterocycles. The third-order valence-electron chi connectivity index (χ3n) is 11.1. The first-order valence-electron chi connectivity index (χ1n) is 14.8. The van der Waals surface area contributed by atoms with Crippen molar-refractivity contribution in [2.24, 2.45) is 16.2 Å². The van der Waals surface area contributed by atoms with E-state index in [-0.39, 0.29) is 16.2 Å². The smallest absolute Gasteiger partial charge is 0.0194 e. The third-order valence-corrected chi connectivity index (χ3v) is 11.1. The van der Waals surface area contributed by atoms with Crippen molar-refractivity contribution in [2.75, 3.05) is 0 Å². The lowest BCUT2D eigenvalue weighted by atomic mass is 9.41. The van der Waals surface area contributed by atoms with Crippen LogP contribution in [0.25, 0.3) is 16.7 Å². The van der Waals surface area contributed by atoms with Crippen molar-refractivity contribution in [2.45, 2.75) is 94.4 Å². The van der Waals surface area contributed by atoms with Gasteiger partial charge in [0.15, 0.2) is 0 Å². The fraction of sp³-hybridized carbons (Fsp3) is 0.436. The molecule has 0 spiro atoms. The Balaban J connectivity index is 1.76. The van der Waals surface area contributed by atoms with Crippen LogP contribution in [0.4, 0.5) is 0 Å². The third kappa shape index (κ3) is 3.70. The lowest BCUT2D eigenvalue weighted by molar-refractivity contribution is 0.0544. The summed E-state index contributed by atoms with van der Waals surface area (Å²) >= 11 is 0. The maximum Gasteiger partial charge on any atom is 0.0194 e. The van der Waals surface area contributed by atoms with Gasteiger partial charge in [-0.3, -0.25) is 0 Å². The van der Waals surface area contributed by atoms with Gasteiger partial charge in [0.2, 0.25) is 0 Å². The molecule has 3 atom stereocenters. The largest absolute Gasteiger partial charge is 0.0955 e. The molecule has 204 valence electrons. The van der Waals surface area contributed by atoms with Crippen LogP contribution in [0.5, 0.6) is 0 Å². The van der Waals surface area contributed by atoms with Crippen molar-refractivity contribution in [3.8, 4) is 11.1 Å². The molecule has 0 saturated heterocycles. The minimum Gasteiger partial charge on any atom is -0.0955 e. The highest BCUT2D eigenvalue weighted by molar-refractivity contribution is 5.90. The van der Waals surface area contributed by atoms with Crippen molar-refractivity contribution >= 4 is 5.57 Å². The highest BCUT2D eigenvalue weighted by atomic mass is 14.6. The van der Waals surface area contributed by atoms with Gasteiger partial charge in [-0.2, -0.15) is 0 Å². The van der Waals surface area contributed by atoms with E-state index in [0.29, 0.717) is 5.92 Å². The zero-order chi connectivity index (χ0) is 28.8. The minimum absolute atomic E-state index is 0.0258. The van der Waals surface area contributed by atoms with Gasteiger partial charge in [0, 0.05) is 5.41 Å². The molecule has 5 rings (SSSR count). The molecule has 3 aliphatic rings. The lowest BCUT2D eigenvalue weighted by Crippen LogP contribution is -2.52. The Hall–Kier alpha value is -2.86. The summed E-state index contributed by atoms with van der Waals surface area (Å²) in [5, 5.41) is 0. The topological polar surface area (TPSA) is 0 Å². The maximum atomic E-state index is 4.88. The number of hydrogen-bond acceptors (Lipinski definition) is 0. The van der Waals surface area contributed by atoms with Gasteiger partial charge in [0.25, 0.3) is 0 Å². The van der Waals surface area contributed by atoms with Gasteiger partial charge in [0.1, 0.15) is 0 Å². The molecule has 39 heavy (non-hydrogen) atoms. The van der Waals surface area contributed by atoms with E-state index in [4.69, 9.17) is 13.2 Å². The first-order valence-corrected chi connectivity index (χ1v) is 14.8. The van der Waals surface area contributed by atoms with Crippen molar-refractivity contribution in [3.63, 3.8) is 0 Å². The van der Waals surface area contributed by atoms with Crippen LogP contribution < -0.4 is 0 Å². The summed E-state index contributed by atoms with van der Waals surface area (Å²) in [5.41, 5.74) is 19.0. The Morgan fingerprint density at radius 3 is 2.10 bits per heavy atom. The average Bonchev–Trinajstić information content (AvgIpc) is 2.83. The lowest BCUT2D eigenvalue weighted by Gasteiger charge is -2.62. The fourth-order valence-electron chi connectivity index (χ4n) is 9.04. The molecule has 0 heteroatoms. The van der Waals surface area contributed by atoms with E-state index >= 15 is 0 Å². The maximum absolute atomic E-state index is 4.88. The van der Waals surface area contributed by atoms with Crippen LogP contribution in [0.2, 0.25) is 0 Å². The van der Waals surface area contributed by atoms with Crippen molar-refractivity contribution < 1.29 is 0 Å². The predicted molar refractivity (Wildman–Crippen MR) is 171 cm³/mol. The number of fused-ring (bicyclic) bond motifs is 3. The van der Waals surface area contributed by atoms with Gasteiger partial charge >= 0.3 is 0 Å². The Morgan fingerprint density at radius 1 is 0.923 bits per heavy atom. The van der Waals surface area contributed by atoms with Crippen molar-refractivity contribution in [3.05, 3.63) is 111 Å². The Bertz CT molecular complexity index is 1510. The molecule has 0 N–H and O–H groups in total. The van der Waals surface area contributed by atoms with E-state index in [1.807, 2.05) is 0 Å². The number of benzene rings is 2. The van der Waals surface area contributed by atoms with E-state index in [1.165, 1.54) is 72.4 Å². The molecule has 0 nitrogen and oxygen atoms in total.